The summed E-state index contributed by atoms with van der Waals surface area (Å²) in [5, 5.41) is 6.03. The van der Waals surface area contributed by atoms with Crippen LogP contribution in [-0.4, -0.2) is 43.5 Å². The molecule has 0 saturated heterocycles. The largest absolute Gasteiger partial charge is 0.399 e. The summed E-state index contributed by atoms with van der Waals surface area (Å²) in [4.78, 5) is 14.2. The lowest BCUT2D eigenvalue weighted by Crippen LogP contribution is -2.35. The summed E-state index contributed by atoms with van der Waals surface area (Å²) < 4.78 is 0. The molecular weight excluding hydrogens is 252 g/mol. The van der Waals surface area contributed by atoms with Gasteiger partial charge in [0.15, 0.2) is 0 Å². The third-order valence-corrected chi connectivity index (χ3v) is 3.34. The highest BCUT2D eigenvalue weighted by atomic mass is 16.1. The van der Waals surface area contributed by atoms with Crippen molar-refractivity contribution >= 4 is 17.3 Å². The zero-order valence-corrected chi connectivity index (χ0v) is 12.9. The molecule has 1 amide bonds. The van der Waals surface area contributed by atoms with Crippen molar-refractivity contribution in [3.63, 3.8) is 0 Å². The van der Waals surface area contributed by atoms with Gasteiger partial charge < -0.3 is 21.3 Å². The number of nitrogens with zero attached hydrogens (tertiary/aromatic N) is 1. The maximum absolute atomic E-state index is 11.9. The van der Waals surface area contributed by atoms with Crippen LogP contribution >= 0.6 is 0 Å². The van der Waals surface area contributed by atoms with Gasteiger partial charge in [-0.2, -0.15) is 0 Å². The molecule has 0 bridgehead atoms. The van der Waals surface area contributed by atoms with Crippen molar-refractivity contribution in [2.24, 2.45) is 0 Å². The summed E-state index contributed by atoms with van der Waals surface area (Å²) in [5.41, 5.74) is 7.86. The minimum absolute atomic E-state index is 0.109. The van der Waals surface area contributed by atoms with Crippen molar-refractivity contribution in [2.45, 2.75) is 26.8 Å². The van der Waals surface area contributed by atoms with Crippen LogP contribution < -0.4 is 16.4 Å². The standard InChI is InChI=1S/C15H26N4O/c1-5-19(6-2)10-11(3)18-14-9-12(16)7-8-13(14)15(20)17-4/h7-9,11,18H,5-6,10,16H2,1-4H3,(H,17,20). The number of carbonyl (C=O) groups excluding carboxylic acids is 1. The Bertz CT molecular complexity index is 443. The van der Waals surface area contributed by atoms with Crippen molar-refractivity contribution in [1.29, 1.82) is 0 Å². The molecule has 0 saturated carbocycles. The minimum atomic E-state index is -0.109. The van der Waals surface area contributed by atoms with Gasteiger partial charge in [-0.15, -0.1) is 0 Å². The van der Waals surface area contributed by atoms with Crippen LogP contribution in [-0.2, 0) is 0 Å². The number of nitrogens with two attached hydrogens (primary N) is 1. The van der Waals surface area contributed by atoms with Gasteiger partial charge in [0.1, 0.15) is 0 Å². The summed E-state index contributed by atoms with van der Waals surface area (Å²) >= 11 is 0. The van der Waals surface area contributed by atoms with E-state index in [9.17, 15) is 4.79 Å². The first-order valence-corrected chi connectivity index (χ1v) is 7.12. The molecule has 1 unspecified atom stereocenters. The van der Waals surface area contributed by atoms with E-state index >= 15 is 0 Å². The first kappa shape index (κ1) is 16.3. The Kier molecular flexibility index (Phi) is 6.31. The molecule has 0 aromatic heterocycles. The SMILES string of the molecule is CCN(CC)CC(C)Nc1cc(N)ccc1C(=O)NC. The first-order chi connectivity index (χ1) is 9.51. The van der Waals surface area contributed by atoms with E-state index in [0.717, 1.165) is 25.3 Å². The van der Waals surface area contributed by atoms with Gasteiger partial charge in [0.05, 0.1) is 5.56 Å². The molecule has 0 aliphatic heterocycles. The number of carbonyl (C=O) groups is 1. The fraction of sp³-hybridized carbons (Fsp3) is 0.533. The van der Waals surface area contributed by atoms with Crippen molar-refractivity contribution < 1.29 is 4.79 Å². The van der Waals surface area contributed by atoms with Gasteiger partial charge in [-0.05, 0) is 38.2 Å². The number of hydrogen-bond donors (Lipinski definition) is 3. The molecule has 5 heteroatoms. The van der Waals surface area contributed by atoms with E-state index in [1.165, 1.54) is 0 Å². The highest BCUT2D eigenvalue weighted by Gasteiger charge is 2.13. The Morgan fingerprint density at radius 2 is 2.00 bits per heavy atom. The minimum Gasteiger partial charge on any atom is -0.399 e. The number of anilines is 2. The monoisotopic (exact) mass is 278 g/mol. The Morgan fingerprint density at radius 3 is 2.55 bits per heavy atom. The number of hydrogen-bond acceptors (Lipinski definition) is 4. The second-order valence-electron chi connectivity index (χ2n) is 4.92. The number of rotatable bonds is 7. The van der Waals surface area contributed by atoms with Gasteiger partial charge in [-0.3, -0.25) is 4.79 Å². The van der Waals surface area contributed by atoms with Gasteiger partial charge in [-0.25, -0.2) is 0 Å². The second-order valence-corrected chi connectivity index (χ2v) is 4.92. The first-order valence-electron chi connectivity index (χ1n) is 7.12. The number of benzene rings is 1. The predicted octanol–water partition coefficient (Wildman–Crippen LogP) is 1.77. The van der Waals surface area contributed by atoms with E-state index in [4.69, 9.17) is 5.73 Å². The lowest BCUT2D eigenvalue weighted by molar-refractivity contribution is 0.0964. The highest BCUT2D eigenvalue weighted by Crippen LogP contribution is 2.20. The van der Waals surface area contributed by atoms with Crippen LogP contribution in [0, 0.1) is 0 Å². The van der Waals surface area contributed by atoms with Gasteiger partial charge in [0.2, 0.25) is 0 Å². The summed E-state index contributed by atoms with van der Waals surface area (Å²) in [5.74, 6) is -0.109. The predicted molar refractivity (Wildman–Crippen MR) is 85.1 cm³/mol. The third-order valence-electron chi connectivity index (χ3n) is 3.34. The van der Waals surface area contributed by atoms with Gasteiger partial charge in [-0.1, -0.05) is 13.8 Å². The van der Waals surface area contributed by atoms with Crippen molar-refractivity contribution in [3.05, 3.63) is 23.8 Å². The Morgan fingerprint density at radius 1 is 1.35 bits per heavy atom. The van der Waals surface area contributed by atoms with E-state index in [1.54, 1.807) is 19.2 Å². The molecule has 0 aliphatic rings. The van der Waals surface area contributed by atoms with Crippen LogP contribution in [0.1, 0.15) is 31.1 Å². The fourth-order valence-electron chi connectivity index (χ4n) is 2.19. The molecule has 0 fully saturated rings. The Balaban J connectivity index is 2.84. The molecule has 5 nitrogen and oxygen atoms in total. The summed E-state index contributed by atoms with van der Waals surface area (Å²) in [6, 6.07) is 5.54. The van der Waals surface area contributed by atoms with Crippen molar-refractivity contribution in [1.82, 2.24) is 10.2 Å². The summed E-state index contributed by atoms with van der Waals surface area (Å²) in [6.07, 6.45) is 0. The number of nitrogen functional groups attached to an aromatic ring is 1. The van der Waals surface area contributed by atoms with Crippen molar-refractivity contribution in [2.75, 3.05) is 37.7 Å². The molecule has 1 aromatic carbocycles. The molecule has 1 atom stereocenters. The van der Waals surface area contributed by atoms with E-state index in [0.29, 0.717) is 11.3 Å². The molecule has 0 spiro atoms. The van der Waals surface area contributed by atoms with E-state index in [2.05, 4.69) is 36.3 Å². The van der Waals surface area contributed by atoms with Crippen LogP contribution in [0.2, 0.25) is 0 Å². The highest BCUT2D eigenvalue weighted by molar-refractivity contribution is 6.00. The molecule has 0 heterocycles. The van der Waals surface area contributed by atoms with Crippen LogP contribution in [0.25, 0.3) is 0 Å². The third kappa shape index (κ3) is 4.42. The van der Waals surface area contributed by atoms with Gasteiger partial charge in [0.25, 0.3) is 5.91 Å². The summed E-state index contributed by atoms with van der Waals surface area (Å²) in [7, 11) is 1.63. The zero-order chi connectivity index (χ0) is 15.1. The van der Waals surface area contributed by atoms with Gasteiger partial charge >= 0.3 is 0 Å². The second kappa shape index (κ2) is 7.75. The molecular formula is C15H26N4O. The molecule has 4 N–H and O–H groups in total. The number of amides is 1. The lowest BCUT2D eigenvalue weighted by atomic mass is 10.1. The van der Waals surface area contributed by atoms with Crippen LogP contribution in [0.15, 0.2) is 18.2 Å². The van der Waals surface area contributed by atoms with Crippen LogP contribution in [0.5, 0.6) is 0 Å². The number of likely N-dealkylation sites (N-methyl/N-ethyl adjacent to an activating group) is 1. The molecule has 1 aromatic rings. The van der Waals surface area contributed by atoms with E-state index in [1.807, 2.05) is 6.07 Å². The Hall–Kier alpha value is -1.75. The quantitative estimate of drug-likeness (QED) is 0.665. The molecule has 0 aliphatic carbocycles. The Labute approximate surface area is 121 Å². The topological polar surface area (TPSA) is 70.4 Å². The number of nitrogens with one attached hydrogen (secondary N) is 2. The maximum atomic E-state index is 11.9. The smallest absolute Gasteiger partial charge is 0.253 e. The summed E-state index contributed by atoms with van der Waals surface area (Å²) in [6.45, 7) is 9.35. The fourth-order valence-corrected chi connectivity index (χ4v) is 2.19. The normalized spacial score (nSPS) is 12.2. The molecule has 20 heavy (non-hydrogen) atoms. The van der Waals surface area contributed by atoms with E-state index in [-0.39, 0.29) is 11.9 Å². The average Bonchev–Trinajstić information content (AvgIpc) is 2.44. The van der Waals surface area contributed by atoms with Gasteiger partial charge in [0, 0.05) is 31.0 Å². The van der Waals surface area contributed by atoms with Crippen LogP contribution in [0.4, 0.5) is 11.4 Å². The molecule has 112 valence electrons. The lowest BCUT2D eigenvalue weighted by Gasteiger charge is -2.25. The maximum Gasteiger partial charge on any atom is 0.253 e. The zero-order valence-electron chi connectivity index (χ0n) is 12.9. The van der Waals surface area contributed by atoms with E-state index < -0.39 is 0 Å². The van der Waals surface area contributed by atoms with Crippen LogP contribution in [0.3, 0.4) is 0 Å². The van der Waals surface area contributed by atoms with Crippen molar-refractivity contribution in [3.8, 4) is 0 Å². The average molecular weight is 278 g/mol. The molecule has 1 rings (SSSR count). The molecule has 0 radical (unpaired) electrons.